The first kappa shape index (κ1) is 18.5. The van der Waals surface area contributed by atoms with Crippen LogP contribution in [-0.2, 0) is 6.54 Å². The van der Waals surface area contributed by atoms with Crippen molar-refractivity contribution in [3.8, 4) is 11.5 Å². The van der Waals surface area contributed by atoms with E-state index in [1.807, 2.05) is 6.07 Å². The van der Waals surface area contributed by atoms with E-state index in [-0.39, 0.29) is 0 Å². The Hall–Kier alpha value is -1.26. The number of hydrogen-bond donors (Lipinski definition) is 0. The molecular formula is C21H34N2O2. The van der Waals surface area contributed by atoms with Crippen LogP contribution in [0.4, 0.5) is 0 Å². The largest absolute Gasteiger partial charge is 0.497 e. The first-order valence-electron chi connectivity index (χ1n) is 9.77. The highest BCUT2D eigenvalue weighted by molar-refractivity contribution is 5.38. The SMILES string of the molecule is COc1cc(CN2CCCN(CC3CC3)C(C(C)C)C2)cc(OC)c1. The zero-order valence-electron chi connectivity index (χ0n) is 16.3. The maximum atomic E-state index is 5.43. The summed E-state index contributed by atoms with van der Waals surface area (Å²) in [5.41, 5.74) is 1.27. The normalized spacial score (nSPS) is 22.8. The van der Waals surface area contributed by atoms with E-state index < -0.39 is 0 Å². The molecule has 0 bridgehead atoms. The van der Waals surface area contributed by atoms with E-state index in [0.717, 1.165) is 30.5 Å². The molecule has 1 atom stereocenters. The summed E-state index contributed by atoms with van der Waals surface area (Å²) >= 11 is 0. The van der Waals surface area contributed by atoms with Gasteiger partial charge in [-0.1, -0.05) is 13.8 Å². The molecule has 4 nitrogen and oxygen atoms in total. The minimum Gasteiger partial charge on any atom is -0.497 e. The van der Waals surface area contributed by atoms with Gasteiger partial charge in [0.25, 0.3) is 0 Å². The van der Waals surface area contributed by atoms with Crippen LogP contribution in [0.1, 0.15) is 38.7 Å². The van der Waals surface area contributed by atoms with Gasteiger partial charge in [-0.3, -0.25) is 9.80 Å². The lowest BCUT2D eigenvalue weighted by molar-refractivity contribution is 0.132. The summed E-state index contributed by atoms with van der Waals surface area (Å²) in [5.74, 6) is 3.41. The minimum atomic E-state index is 0.663. The third-order valence-corrected chi connectivity index (χ3v) is 5.61. The molecule has 1 unspecified atom stereocenters. The van der Waals surface area contributed by atoms with E-state index in [4.69, 9.17) is 9.47 Å². The van der Waals surface area contributed by atoms with Crippen LogP contribution >= 0.6 is 0 Å². The van der Waals surface area contributed by atoms with E-state index in [1.165, 1.54) is 44.5 Å². The summed E-state index contributed by atoms with van der Waals surface area (Å²) in [7, 11) is 3.43. The van der Waals surface area contributed by atoms with Gasteiger partial charge in [-0.25, -0.2) is 0 Å². The number of rotatable bonds is 7. The van der Waals surface area contributed by atoms with E-state index in [0.29, 0.717) is 12.0 Å². The van der Waals surface area contributed by atoms with E-state index in [1.54, 1.807) is 14.2 Å². The fraction of sp³-hybridized carbons (Fsp3) is 0.714. The van der Waals surface area contributed by atoms with Crippen molar-refractivity contribution in [3.05, 3.63) is 23.8 Å². The number of hydrogen-bond acceptors (Lipinski definition) is 4. The molecule has 1 saturated carbocycles. The van der Waals surface area contributed by atoms with Gasteiger partial charge in [0.2, 0.25) is 0 Å². The smallest absolute Gasteiger partial charge is 0.122 e. The van der Waals surface area contributed by atoms with E-state index >= 15 is 0 Å². The molecule has 4 heteroatoms. The van der Waals surface area contributed by atoms with Gasteiger partial charge in [0.05, 0.1) is 14.2 Å². The predicted octanol–water partition coefficient (Wildman–Crippen LogP) is 3.65. The quantitative estimate of drug-likeness (QED) is 0.752. The number of benzene rings is 1. The Kier molecular flexibility index (Phi) is 6.24. The predicted molar refractivity (Wildman–Crippen MR) is 102 cm³/mol. The van der Waals surface area contributed by atoms with Crippen molar-refractivity contribution in [1.82, 2.24) is 9.80 Å². The van der Waals surface area contributed by atoms with Gasteiger partial charge in [0, 0.05) is 31.7 Å². The van der Waals surface area contributed by atoms with Gasteiger partial charge >= 0.3 is 0 Å². The first-order chi connectivity index (χ1) is 12.1. The lowest BCUT2D eigenvalue weighted by atomic mass is 10.0. The van der Waals surface area contributed by atoms with Crippen LogP contribution in [0.15, 0.2) is 18.2 Å². The van der Waals surface area contributed by atoms with Gasteiger partial charge in [-0.15, -0.1) is 0 Å². The second-order valence-corrected chi connectivity index (χ2v) is 8.06. The average Bonchev–Trinajstić information content (AvgIpc) is 3.43. The van der Waals surface area contributed by atoms with Crippen LogP contribution in [-0.4, -0.2) is 56.2 Å². The fourth-order valence-corrected chi connectivity index (χ4v) is 3.99. The Morgan fingerprint density at radius 3 is 2.28 bits per heavy atom. The molecular weight excluding hydrogens is 312 g/mol. The summed E-state index contributed by atoms with van der Waals surface area (Å²) in [6, 6.07) is 6.88. The average molecular weight is 347 g/mol. The molecule has 2 fully saturated rings. The van der Waals surface area contributed by atoms with Crippen LogP contribution in [0.25, 0.3) is 0 Å². The molecule has 0 radical (unpaired) electrons. The molecule has 1 heterocycles. The maximum Gasteiger partial charge on any atom is 0.122 e. The molecule has 0 amide bonds. The minimum absolute atomic E-state index is 0.663. The lowest BCUT2D eigenvalue weighted by Crippen LogP contribution is -2.45. The van der Waals surface area contributed by atoms with Gasteiger partial charge in [-0.05, 0) is 61.9 Å². The Labute approximate surface area is 153 Å². The highest BCUT2D eigenvalue weighted by atomic mass is 16.5. The molecule has 25 heavy (non-hydrogen) atoms. The van der Waals surface area contributed by atoms with Crippen LogP contribution in [0.5, 0.6) is 11.5 Å². The monoisotopic (exact) mass is 346 g/mol. The molecule has 0 aromatic heterocycles. The molecule has 140 valence electrons. The van der Waals surface area contributed by atoms with E-state index in [9.17, 15) is 0 Å². The molecule has 3 rings (SSSR count). The molecule has 2 aliphatic rings. The van der Waals surface area contributed by atoms with Gasteiger partial charge in [0.1, 0.15) is 11.5 Å². The van der Waals surface area contributed by atoms with Crippen molar-refractivity contribution in [2.45, 2.75) is 45.7 Å². The van der Waals surface area contributed by atoms with Crippen molar-refractivity contribution in [3.63, 3.8) is 0 Å². The summed E-state index contributed by atoms with van der Waals surface area (Å²) < 4.78 is 10.9. The highest BCUT2D eigenvalue weighted by Crippen LogP contribution is 2.32. The third kappa shape index (κ3) is 5.11. The molecule has 1 aliphatic heterocycles. The third-order valence-electron chi connectivity index (χ3n) is 5.61. The van der Waals surface area contributed by atoms with Crippen LogP contribution in [0.3, 0.4) is 0 Å². The molecule has 1 saturated heterocycles. The van der Waals surface area contributed by atoms with Crippen LogP contribution in [0, 0.1) is 11.8 Å². The summed E-state index contributed by atoms with van der Waals surface area (Å²) in [6.07, 6.45) is 4.14. The summed E-state index contributed by atoms with van der Waals surface area (Å²) in [6.45, 7) is 10.6. The molecule has 1 aromatic carbocycles. The van der Waals surface area contributed by atoms with Crippen molar-refractivity contribution in [1.29, 1.82) is 0 Å². The van der Waals surface area contributed by atoms with Crippen molar-refractivity contribution < 1.29 is 9.47 Å². The van der Waals surface area contributed by atoms with Crippen molar-refractivity contribution >= 4 is 0 Å². The number of nitrogens with zero attached hydrogens (tertiary/aromatic N) is 2. The molecule has 0 N–H and O–H groups in total. The van der Waals surface area contributed by atoms with E-state index in [2.05, 4.69) is 35.8 Å². The topological polar surface area (TPSA) is 24.9 Å². The first-order valence-corrected chi connectivity index (χ1v) is 9.77. The second kappa shape index (κ2) is 8.41. The Bertz CT molecular complexity index is 535. The van der Waals surface area contributed by atoms with Crippen LogP contribution < -0.4 is 9.47 Å². The van der Waals surface area contributed by atoms with Gasteiger partial charge < -0.3 is 9.47 Å². The van der Waals surface area contributed by atoms with Crippen molar-refractivity contribution in [2.24, 2.45) is 11.8 Å². The second-order valence-electron chi connectivity index (χ2n) is 8.06. The maximum absolute atomic E-state index is 5.43. The Balaban J connectivity index is 1.69. The Morgan fingerprint density at radius 2 is 1.72 bits per heavy atom. The summed E-state index contributed by atoms with van der Waals surface area (Å²) in [4.78, 5) is 5.39. The molecule has 0 spiro atoms. The Morgan fingerprint density at radius 1 is 1.04 bits per heavy atom. The number of methoxy groups -OCH3 is 2. The van der Waals surface area contributed by atoms with Gasteiger partial charge in [-0.2, -0.15) is 0 Å². The number of ether oxygens (including phenoxy) is 2. The van der Waals surface area contributed by atoms with Crippen molar-refractivity contribution in [2.75, 3.05) is 40.4 Å². The highest BCUT2D eigenvalue weighted by Gasteiger charge is 2.32. The van der Waals surface area contributed by atoms with Gasteiger partial charge in [0.15, 0.2) is 0 Å². The standard InChI is InChI=1S/C21H34N2O2/c1-16(2)21-15-22(8-5-9-23(21)14-17-6-7-17)13-18-10-19(24-3)12-20(11-18)25-4/h10-12,16-17,21H,5-9,13-15H2,1-4H3. The summed E-state index contributed by atoms with van der Waals surface area (Å²) in [5, 5.41) is 0. The molecule has 1 aromatic rings. The van der Waals surface area contributed by atoms with Crippen LogP contribution in [0.2, 0.25) is 0 Å². The lowest BCUT2D eigenvalue weighted by Gasteiger charge is -2.34. The molecule has 1 aliphatic carbocycles. The zero-order chi connectivity index (χ0) is 17.8. The zero-order valence-corrected chi connectivity index (χ0v) is 16.3. The fourth-order valence-electron chi connectivity index (χ4n) is 3.99.